The molecule has 0 saturated carbocycles. The van der Waals surface area contributed by atoms with Crippen LogP contribution in [0.1, 0.15) is 37.2 Å². The predicted octanol–water partition coefficient (Wildman–Crippen LogP) is 3.07. The Balaban J connectivity index is 1.81. The highest BCUT2D eigenvalue weighted by atomic mass is 16.5. The van der Waals surface area contributed by atoms with Gasteiger partial charge in [-0.1, -0.05) is 19.9 Å². The molecule has 0 aliphatic heterocycles. The fourth-order valence-electron chi connectivity index (χ4n) is 4.44. The quantitative estimate of drug-likeness (QED) is 0.398. The van der Waals surface area contributed by atoms with E-state index in [1.807, 2.05) is 36.4 Å². The SMILES string of the molecule is COc1ccc(CCn2c(C)c(C)n3c4c(=O)n(CCC(C)C)c(=O)n(C)c4nc23)cc1OC. The van der Waals surface area contributed by atoms with E-state index >= 15 is 0 Å². The van der Waals surface area contributed by atoms with E-state index in [4.69, 9.17) is 14.5 Å². The Bertz CT molecular complexity index is 1490. The molecule has 182 valence electrons. The largest absolute Gasteiger partial charge is 0.493 e. The second-order valence-corrected chi connectivity index (χ2v) is 9.16. The molecule has 0 aliphatic rings. The average Bonchev–Trinajstić information content (AvgIpc) is 3.31. The maximum absolute atomic E-state index is 13.4. The molecule has 0 atom stereocenters. The van der Waals surface area contributed by atoms with Crippen LogP contribution in [0.25, 0.3) is 16.9 Å². The summed E-state index contributed by atoms with van der Waals surface area (Å²) in [5.41, 5.74) is 3.32. The van der Waals surface area contributed by atoms with Crippen LogP contribution in [0.3, 0.4) is 0 Å². The molecule has 0 aliphatic carbocycles. The Morgan fingerprint density at radius 2 is 1.68 bits per heavy atom. The van der Waals surface area contributed by atoms with E-state index in [9.17, 15) is 9.59 Å². The fraction of sp³-hybridized carbons (Fsp3) is 0.480. The van der Waals surface area contributed by atoms with Gasteiger partial charge in [0.05, 0.1) is 14.2 Å². The van der Waals surface area contributed by atoms with Gasteiger partial charge in [-0.05, 0) is 50.3 Å². The van der Waals surface area contributed by atoms with Gasteiger partial charge >= 0.3 is 5.69 Å². The Labute approximate surface area is 198 Å². The minimum Gasteiger partial charge on any atom is -0.493 e. The van der Waals surface area contributed by atoms with E-state index in [0.29, 0.717) is 47.4 Å². The van der Waals surface area contributed by atoms with Crippen LogP contribution in [0.2, 0.25) is 0 Å². The summed E-state index contributed by atoms with van der Waals surface area (Å²) in [5, 5.41) is 0. The zero-order valence-electron chi connectivity index (χ0n) is 21.0. The molecule has 9 nitrogen and oxygen atoms in total. The van der Waals surface area contributed by atoms with Gasteiger partial charge in [0, 0.05) is 31.5 Å². The van der Waals surface area contributed by atoms with Gasteiger partial charge in [-0.2, -0.15) is 4.98 Å². The van der Waals surface area contributed by atoms with Crippen molar-refractivity contribution >= 4 is 16.9 Å². The molecule has 9 heteroatoms. The normalized spacial score (nSPS) is 11.8. The first kappa shape index (κ1) is 23.7. The molecule has 34 heavy (non-hydrogen) atoms. The zero-order valence-corrected chi connectivity index (χ0v) is 21.0. The number of ether oxygens (including phenoxy) is 2. The van der Waals surface area contributed by atoms with Crippen molar-refractivity contribution in [3.05, 3.63) is 56.0 Å². The lowest BCUT2D eigenvalue weighted by Crippen LogP contribution is -2.39. The lowest BCUT2D eigenvalue weighted by Gasteiger charge is -2.11. The number of benzene rings is 1. The molecule has 3 heterocycles. The van der Waals surface area contributed by atoms with Crippen molar-refractivity contribution in [1.82, 2.24) is 23.1 Å². The van der Waals surface area contributed by atoms with Crippen LogP contribution in [0.15, 0.2) is 27.8 Å². The van der Waals surface area contributed by atoms with E-state index in [-0.39, 0.29) is 11.2 Å². The first-order valence-corrected chi connectivity index (χ1v) is 11.6. The van der Waals surface area contributed by atoms with Crippen molar-refractivity contribution in [3.8, 4) is 11.5 Å². The Kier molecular flexibility index (Phi) is 6.29. The van der Waals surface area contributed by atoms with Crippen LogP contribution in [0.5, 0.6) is 11.5 Å². The molecule has 4 aromatic rings. The van der Waals surface area contributed by atoms with Gasteiger partial charge in [0.25, 0.3) is 5.56 Å². The van der Waals surface area contributed by atoms with Crippen molar-refractivity contribution in [2.45, 2.75) is 53.6 Å². The highest BCUT2D eigenvalue weighted by Crippen LogP contribution is 2.28. The van der Waals surface area contributed by atoms with Gasteiger partial charge in [-0.15, -0.1) is 0 Å². The molecule has 1 aromatic carbocycles. The van der Waals surface area contributed by atoms with E-state index in [1.54, 1.807) is 21.3 Å². The highest BCUT2D eigenvalue weighted by Gasteiger charge is 2.22. The third kappa shape index (κ3) is 3.78. The van der Waals surface area contributed by atoms with Crippen molar-refractivity contribution in [2.24, 2.45) is 13.0 Å². The maximum atomic E-state index is 13.4. The van der Waals surface area contributed by atoms with Crippen LogP contribution in [-0.2, 0) is 26.6 Å². The molecule has 0 N–H and O–H groups in total. The van der Waals surface area contributed by atoms with Gasteiger partial charge in [0.2, 0.25) is 5.78 Å². The average molecular weight is 468 g/mol. The van der Waals surface area contributed by atoms with Gasteiger partial charge in [0.15, 0.2) is 22.7 Å². The molecule has 0 unspecified atom stereocenters. The van der Waals surface area contributed by atoms with Crippen LogP contribution >= 0.6 is 0 Å². The molecule has 0 spiro atoms. The summed E-state index contributed by atoms with van der Waals surface area (Å²) in [5.74, 6) is 2.43. The minimum atomic E-state index is -0.329. The first-order valence-electron chi connectivity index (χ1n) is 11.6. The lowest BCUT2D eigenvalue weighted by molar-refractivity contribution is 0.354. The number of hydrogen-bond donors (Lipinski definition) is 0. The van der Waals surface area contributed by atoms with Gasteiger partial charge in [-0.3, -0.25) is 18.3 Å². The number of hydrogen-bond acceptors (Lipinski definition) is 5. The fourth-order valence-corrected chi connectivity index (χ4v) is 4.44. The molecule has 0 bridgehead atoms. The molecular weight excluding hydrogens is 434 g/mol. The van der Waals surface area contributed by atoms with E-state index in [2.05, 4.69) is 18.4 Å². The molecule has 0 radical (unpaired) electrons. The summed E-state index contributed by atoms with van der Waals surface area (Å²) in [4.78, 5) is 31.1. The summed E-state index contributed by atoms with van der Waals surface area (Å²) < 4.78 is 17.6. The van der Waals surface area contributed by atoms with E-state index < -0.39 is 0 Å². The van der Waals surface area contributed by atoms with E-state index in [0.717, 1.165) is 29.8 Å². The van der Waals surface area contributed by atoms with Crippen LogP contribution in [0, 0.1) is 19.8 Å². The highest BCUT2D eigenvalue weighted by molar-refractivity contribution is 5.76. The standard InChI is InChI=1S/C25H33N5O4/c1-15(2)10-12-29-23(31)21-22(27(5)25(29)32)26-24-28(16(3)17(4)30(21)24)13-11-18-8-9-19(33-6)20(14-18)34-7/h8-9,14-15H,10-13H2,1-7H3. The molecule has 0 fully saturated rings. The van der Waals surface area contributed by atoms with Crippen LogP contribution < -0.4 is 20.7 Å². The van der Waals surface area contributed by atoms with Crippen molar-refractivity contribution in [1.29, 1.82) is 0 Å². The number of aryl methyl sites for hydroxylation is 4. The first-order chi connectivity index (χ1) is 16.2. The summed E-state index contributed by atoms with van der Waals surface area (Å²) in [6, 6.07) is 5.89. The third-order valence-electron chi connectivity index (χ3n) is 6.63. The number of rotatable bonds is 8. The second kappa shape index (κ2) is 9.04. The molecule has 0 saturated heterocycles. The van der Waals surface area contributed by atoms with Crippen molar-refractivity contribution < 1.29 is 9.47 Å². The zero-order chi connectivity index (χ0) is 24.7. The summed E-state index contributed by atoms with van der Waals surface area (Å²) in [6.45, 7) is 9.24. The van der Waals surface area contributed by atoms with E-state index in [1.165, 1.54) is 9.13 Å². The van der Waals surface area contributed by atoms with Gasteiger partial charge in [0.1, 0.15) is 0 Å². The molecule has 3 aromatic heterocycles. The van der Waals surface area contributed by atoms with Gasteiger partial charge in [-0.25, -0.2) is 4.79 Å². The summed E-state index contributed by atoms with van der Waals surface area (Å²) in [7, 11) is 4.92. The second-order valence-electron chi connectivity index (χ2n) is 9.16. The smallest absolute Gasteiger partial charge is 0.332 e. The van der Waals surface area contributed by atoms with Crippen LogP contribution in [-0.4, -0.2) is 37.3 Å². The summed E-state index contributed by atoms with van der Waals surface area (Å²) in [6.07, 6.45) is 1.50. The number of aromatic nitrogens is 5. The topological polar surface area (TPSA) is 84.7 Å². The molecular formula is C25H33N5O4. The minimum absolute atomic E-state index is 0.286. The predicted molar refractivity (Wildman–Crippen MR) is 132 cm³/mol. The van der Waals surface area contributed by atoms with Gasteiger partial charge < -0.3 is 14.0 Å². The Hall–Kier alpha value is -3.49. The monoisotopic (exact) mass is 467 g/mol. The lowest BCUT2D eigenvalue weighted by atomic mass is 10.1. The molecule has 0 amide bonds. The number of nitrogens with zero attached hydrogens (tertiary/aromatic N) is 5. The number of imidazole rings is 2. The number of fused-ring (bicyclic) bond motifs is 3. The summed E-state index contributed by atoms with van der Waals surface area (Å²) >= 11 is 0. The Morgan fingerprint density at radius 1 is 0.971 bits per heavy atom. The third-order valence-corrected chi connectivity index (χ3v) is 6.63. The maximum Gasteiger partial charge on any atom is 0.332 e. The van der Waals surface area contributed by atoms with Crippen molar-refractivity contribution in [2.75, 3.05) is 14.2 Å². The number of methoxy groups -OCH3 is 2. The van der Waals surface area contributed by atoms with Crippen molar-refractivity contribution in [3.63, 3.8) is 0 Å². The molecule has 4 rings (SSSR count). The Morgan fingerprint density at radius 3 is 2.32 bits per heavy atom. The van der Waals surface area contributed by atoms with Crippen LogP contribution in [0.4, 0.5) is 0 Å².